The number of carbonyl (C=O) groups is 1. The van der Waals surface area contributed by atoms with Crippen LogP contribution in [-0.2, 0) is 11.2 Å². The van der Waals surface area contributed by atoms with Crippen molar-refractivity contribution in [1.82, 2.24) is 0 Å². The molecule has 132 valence electrons. The van der Waals surface area contributed by atoms with Crippen LogP contribution in [0.2, 0.25) is 0 Å². The lowest BCUT2D eigenvalue weighted by Gasteiger charge is -2.49. The molecule has 3 aliphatic carbocycles. The third-order valence-corrected chi connectivity index (χ3v) is 7.21. The van der Waals surface area contributed by atoms with Gasteiger partial charge in [-0.3, -0.25) is 4.79 Å². The first-order valence-corrected chi connectivity index (χ1v) is 9.89. The molecule has 4 atom stereocenters. The van der Waals surface area contributed by atoms with Gasteiger partial charge >= 0.3 is 0 Å². The molecule has 3 aliphatic rings. The zero-order valence-corrected chi connectivity index (χ0v) is 15.7. The van der Waals surface area contributed by atoms with E-state index >= 15 is 0 Å². The summed E-state index contributed by atoms with van der Waals surface area (Å²) in [5.74, 6) is 8.67. The normalized spacial score (nSPS) is 32.7. The van der Waals surface area contributed by atoms with E-state index in [4.69, 9.17) is 0 Å². The number of nitrogens with one attached hydrogen (secondary N) is 1. The first kappa shape index (κ1) is 16.7. The van der Waals surface area contributed by atoms with Gasteiger partial charge in [-0.05, 0) is 91.9 Å². The van der Waals surface area contributed by atoms with E-state index in [0.29, 0.717) is 11.3 Å². The maximum atomic E-state index is 11.6. The van der Waals surface area contributed by atoms with Gasteiger partial charge in [0.05, 0.1) is 5.69 Å². The van der Waals surface area contributed by atoms with Crippen molar-refractivity contribution in [2.24, 2.45) is 17.3 Å². The number of carbonyl (C=O) groups excluding carboxylic acids is 1. The molecule has 0 spiro atoms. The van der Waals surface area contributed by atoms with Crippen molar-refractivity contribution >= 4 is 11.6 Å². The van der Waals surface area contributed by atoms with Gasteiger partial charge in [0.25, 0.3) is 0 Å². The van der Waals surface area contributed by atoms with Crippen LogP contribution < -0.4 is 5.32 Å². The Bertz CT molecular complexity index is 768. The summed E-state index contributed by atoms with van der Waals surface area (Å²) in [5.41, 5.74) is 5.43. The monoisotopic (exact) mass is 335 g/mol. The van der Waals surface area contributed by atoms with Gasteiger partial charge in [-0.15, -0.1) is 5.92 Å². The van der Waals surface area contributed by atoms with Crippen LogP contribution in [-0.4, -0.2) is 5.91 Å². The number of fused-ring (bicyclic) bond motifs is 5. The number of amides is 1. The van der Waals surface area contributed by atoms with Crippen LogP contribution in [0.25, 0.3) is 0 Å². The largest absolute Gasteiger partial charge is 0.325 e. The highest BCUT2D eigenvalue weighted by Crippen LogP contribution is 2.60. The molecule has 3 unspecified atom stereocenters. The highest BCUT2D eigenvalue weighted by Gasteiger charge is 2.50. The molecule has 0 bridgehead atoms. The predicted molar refractivity (Wildman–Crippen MR) is 103 cm³/mol. The third-order valence-electron chi connectivity index (χ3n) is 7.21. The molecule has 0 saturated heterocycles. The van der Waals surface area contributed by atoms with Crippen molar-refractivity contribution in [3.63, 3.8) is 0 Å². The minimum atomic E-state index is -0.0211. The maximum absolute atomic E-state index is 11.6. The lowest BCUT2D eigenvalue weighted by Crippen LogP contribution is -2.39. The second-order valence-electron chi connectivity index (χ2n) is 8.65. The number of rotatable bonds is 1. The molecular formula is C23H29NO. The van der Waals surface area contributed by atoms with E-state index < -0.39 is 0 Å². The molecule has 0 aromatic heterocycles. The van der Waals surface area contributed by atoms with Gasteiger partial charge in [-0.1, -0.05) is 19.3 Å². The molecule has 4 rings (SSSR count). The molecule has 1 aromatic carbocycles. The van der Waals surface area contributed by atoms with E-state index in [1.807, 2.05) is 6.92 Å². The minimum absolute atomic E-state index is 0.0211. The topological polar surface area (TPSA) is 29.1 Å². The van der Waals surface area contributed by atoms with E-state index in [0.717, 1.165) is 29.5 Å². The number of anilines is 1. The predicted octanol–water partition coefficient (Wildman–Crippen LogP) is 5.26. The van der Waals surface area contributed by atoms with Crippen LogP contribution in [0, 0.1) is 29.1 Å². The molecule has 2 fully saturated rings. The fourth-order valence-corrected chi connectivity index (χ4v) is 6.15. The highest BCUT2D eigenvalue weighted by atomic mass is 16.1. The Morgan fingerprint density at radius 1 is 1.24 bits per heavy atom. The molecule has 0 radical (unpaired) electrons. The fraction of sp³-hybridized carbons (Fsp3) is 0.609. The van der Waals surface area contributed by atoms with Crippen molar-refractivity contribution in [2.45, 2.75) is 71.6 Å². The number of benzene rings is 1. The van der Waals surface area contributed by atoms with Crippen LogP contribution in [0.5, 0.6) is 0 Å². The van der Waals surface area contributed by atoms with Crippen LogP contribution >= 0.6 is 0 Å². The second-order valence-corrected chi connectivity index (χ2v) is 8.65. The Labute approximate surface area is 151 Å². The molecule has 0 aliphatic heterocycles. The molecule has 0 heterocycles. The molecule has 2 nitrogen and oxygen atoms in total. The summed E-state index contributed by atoms with van der Waals surface area (Å²) in [6.07, 6.45) is 9.45. The zero-order valence-electron chi connectivity index (χ0n) is 15.7. The van der Waals surface area contributed by atoms with Gasteiger partial charge in [0, 0.05) is 12.5 Å². The molecule has 2 saturated carbocycles. The van der Waals surface area contributed by atoms with Crippen LogP contribution in [0.15, 0.2) is 12.1 Å². The summed E-state index contributed by atoms with van der Waals surface area (Å²) in [6, 6.07) is 4.50. The second kappa shape index (κ2) is 6.20. The first-order chi connectivity index (χ1) is 12.0. The lowest BCUT2D eigenvalue weighted by atomic mass is 9.56. The Morgan fingerprint density at radius 2 is 2.08 bits per heavy atom. The third kappa shape index (κ3) is 2.78. The summed E-state index contributed by atoms with van der Waals surface area (Å²) in [6.45, 7) is 5.98. The number of hydrogen-bond acceptors (Lipinski definition) is 1. The average Bonchev–Trinajstić information content (AvgIpc) is 2.97. The first-order valence-electron chi connectivity index (χ1n) is 9.89. The van der Waals surface area contributed by atoms with Gasteiger partial charge in [-0.25, -0.2) is 0 Å². The Balaban J connectivity index is 1.73. The minimum Gasteiger partial charge on any atom is -0.325 e. The summed E-state index contributed by atoms with van der Waals surface area (Å²) >= 11 is 0. The molecular weight excluding hydrogens is 306 g/mol. The number of aryl methyl sites for hydroxylation is 1. The molecule has 1 amide bonds. The lowest BCUT2D eigenvalue weighted by molar-refractivity contribution is -0.114. The summed E-state index contributed by atoms with van der Waals surface area (Å²) < 4.78 is 0. The van der Waals surface area contributed by atoms with Gasteiger partial charge in [0.15, 0.2) is 0 Å². The van der Waals surface area contributed by atoms with Crippen LogP contribution in [0.1, 0.15) is 81.9 Å². The Hall–Kier alpha value is -1.75. The maximum Gasteiger partial charge on any atom is 0.221 e. The fourth-order valence-electron chi connectivity index (χ4n) is 6.15. The van der Waals surface area contributed by atoms with Gasteiger partial charge in [0.1, 0.15) is 0 Å². The van der Waals surface area contributed by atoms with Crippen molar-refractivity contribution in [3.05, 3.63) is 28.8 Å². The van der Waals surface area contributed by atoms with E-state index in [1.165, 1.54) is 49.7 Å². The zero-order chi connectivity index (χ0) is 17.6. The van der Waals surface area contributed by atoms with E-state index in [-0.39, 0.29) is 5.91 Å². The van der Waals surface area contributed by atoms with Gasteiger partial charge in [-0.2, -0.15) is 0 Å². The molecule has 2 heteroatoms. The Kier molecular flexibility index (Phi) is 4.14. The standard InChI is InChI=1S/C23H29NO/c1-4-6-17-13-20-16(14-22(17)24-15(2)25)8-9-19-18(20)10-12-23(3)11-5-7-21(19)23/h13-14,18-19,21H,5,7-12H2,1-3H3,(H,24,25)/t18?,19?,21?,23-/m0/s1. The SMILES string of the molecule is CC#Cc1cc2c(cc1NC(C)=O)CCC1C2CC[C@]2(C)CCCC12. The number of hydrogen-bond donors (Lipinski definition) is 1. The summed E-state index contributed by atoms with van der Waals surface area (Å²) in [4.78, 5) is 11.6. The highest BCUT2D eigenvalue weighted by molar-refractivity contribution is 5.90. The Morgan fingerprint density at radius 3 is 2.84 bits per heavy atom. The van der Waals surface area contributed by atoms with E-state index in [1.54, 1.807) is 6.92 Å². The van der Waals surface area contributed by atoms with Crippen molar-refractivity contribution in [2.75, 3.05) is 5.32 Å². The van der Waals surface area contributed by atoms with Crippen LogP contribution in [0.4, 0.5) is 5.69 Å². The smallest absolute Gasteiger partial charge is 0.221 e. The molecule has 25 heavy (non-hydrogen) atoms. The van der Waals surface area contributed by atoms with E-state index in [9.17, 15) is 4.79 Å². The molecule has 1 aromatic rings. The van der Waals surface area contributed by atoms with E-state index in [2.05, 4.69) is 36.2 Å². The van der Waals surface area contributed by atoms with Crippen LogP contribution in [0.3, 0.4) is 0 Å². The van der Waals surface area contributed by atoms with Crippen molar-refractivity contribution in [3.8, 4) is 11.8 Å². The summed E-state index contributed by atoms with van der Waals surface area (Å²) in [7, 11) is 0. The average molecular weight is 335 g/mol. The van der Waals surface area contributed by atoms with Crippen molar-refractivity contribution < 1.29 is 4.79 Å². The van der Waals surface area contributed by atoms with Gasteiger partial charge < -0.3 is 5.32 Å². The van der Waals surface area contributed by atoms with Gasteiger partial charge in [0.2, 0.25) is 5.91 Å². The quantitative estimate of drug-likeness (QED) is 0.697. The molecule has 1 N–H and O–H groups in total. The summed E-state index contributed by atoms with van der Waals surface area (Å²) in [5, 5.41) is 2.98. The van der Waals surface area contributed by atoms with Crippen molar-refractivity contribution in [1.29, 1.82) is 0 Å².